The Hall–Kier alpha value is -1.14. The Kier molecular flexibility index (Phi) is 5.21. The Balaban J connectivity index is 1.96. The molecule has 2 atom stereocenters. The standard InChI is InChI=1S/C17H22N2O2S2/c1-4-12(17(20)21-5-2)22-15-14-11-7-6-10(3)8-13(11)23-16(14)19-9-18-15/h9-10,12H,4-8H2,1-3H3. The third-order valence-corrected chi connectivity index (χ3v) is 6.74. The first-order chi connectivity index (χ1) is 11.1. The molecule has 0 spiro atoms. The lowest BCUT2D eigenvalue weighted by Crippen LogP contribution is -2.19. The van der Waals surface area contributed by atoms with E-state index in [9.17, 15) is 4.79 Å². The van der Waals surface area contributed by atoms with Crippen molar-refractivity contribution in [3.8, 4) is 0 Å². The molecular formula is C17H22N2O2S2. The highest BCUT2D eigenvalue weighted by Crippen LogP contribution is 2.41. The largest absolute Gasteiger partial charge is 0.465 e. The molecule has 0 fully saturated rings. The lowest BCUT2D eigenvalue weighted by molar-refractivity contribution is -0.142. The van der Waals surface area contributed by atoms with Crippen LogP contribution in [0, 0.1) is 5.92 Å². The van der Waals surface area contributed by atoms with Crippen molar-refractivity contribution in [3.05, 3.63) is 16.8 Å². The van der Waals surface area contributed by atoms with Gasteiger partial charge in [-0.05, 0) is 44.1 Å². The van der Waals surface area contributed by atoms with Gasteiger partial charge in [0.1, 0.15) is 21.4 Å². The number of ether oxygens (including phenoxy) is 1. The van der Waals surface area contributed by atoms with Crippen LogP contribution in [0.15, 0.2) is 11.4 Å². The molecule has 0 N–H and O–H groups in total. The maximum absolute atomic E-state index is 12.1. The van der Waals surface area contributed by atoms with Crippen LogP contribution in [0.2, 0.25) is 0 Å². The molecular weight excluding hydrogens is 328 g/mol. The predicted molar refractivity (Wildman–Crippen MR) is 95.2 cm³/mol. The number of carbonyl (C=O) groups is 1. The minimum absolute atomic E-state index is 0.149. The Labute approximate surface area is 145 Å². The molecule has 2 heterocycles. The van der Waals surface area contributed by atoms with Crippen molar-refractivity contribution in [2.24, 2.45) is 5.92 Å². The summed E-state index contributed by atoms with van der Waals surface area (Å²) in [5.74, 6) is 0.590. The zero-order valence-corrected chi connectivity index (χ0v) is 15.4. The van der Waals surface area contributed by atoms with E-state index >= 15 is 0 Å². The average molecular weight is 351 g/mol. The second-order valence-corrected chi connectivity index (χ2v) is 8.25. The minimum atomic E-state index is -0.203. The number of carbonyl (C=O) groups excluding carboxylic acids is 1. The highest BCUT2D eigenvalue weighted by atomic mass is 32.2. The first-order valence-corrected chi connectivity index (χ1v) is 9.92. The number of rotatable bonds is 5. The average Bonchev–Trinajstić information content (AvgIpc) is 2.90. The van der Waals surface area contributed by atoms with Crippen LogP contribution in [0.1, 0.15) is 44.1 Å². The van der Waals surface area contributed by atoms with Crippen molar-refractivity contribution in [1.82, 2.24) is 9.97 Å². The lowest BCUT2D eigenvalue weighted by atomic mass is 9.89. The van der Waals surface area contributed by atoms with Gasteiger partial charge in [0.2, 0.25) is 0 Å². The van der Waals surface area contributed by atoms with E-state index in [0.29, 0.717) is 6.61 Å². The maximum atomic E-state index is 12.1. The van der Waals surface area contributed by atoms with Gasteiger partial charge in [-0.15, -0.1) is 11.3 Å². The smallest absolute Gasteiger partial charge is 0.319 e. The van der Waals surface area contributed by atoms with Gasteiger partial charge in [-0.2, -0.15) is 0 Å². The van der Waals surface area contributed by atoms with Gasteiger partial charge in [0, 0.05) is 10.3 Å². The number of hydrogen-bond acceptors (Lipinski definition) is 6. The van der Waals surface area contributed by atoms with E-state index in [4.69, 9.17) is 4.74 Å². The Morgan fingerprint density at radius 3 is 3.04 bits per heavy atom. The fourth-order valence-corrected chi connectivity index (χ4v) is 5.46. The summed E-state index contributed by atoms with van der Waals surface area (Å²) < 4.78 is 5.19. The van der Waals surface area contributed by atoms with Gasteiger partial charge in [0.05, 0.1) is 6.61 Å². The number of nitrogens with zero attached hydrogens (tertiary/aromatic N) is 2. The molecule has 3 rings (SSSR count). The van der Waals surface area contributed by atoms with Crippen LogP contribution in [0.25, 0.3) is 10.2 Å². The molecule has 23 heavy (non-hydrogen) atoms. The van der Waals surface area contributed by atoms with Gasteiger partial charge in [-0.1, -0.05) is 25.6 Å². The lowest BCUT2D eigenvalue weighted by Gasteiger charge is -2.18. The molecule has 2 aromatic rings. The van der Waals surface area contributed by atoms with Gasteiger partial charge < -0.3 is 4.74 Å². The number of thiophene rings is 1. The molecule has 124 valence electrons. The van der Waals surface area contributed by atoms with E-state index in [-0.39, 0.29) is 11.2 Å². The molecule has 1 aliphatic carbocycles. The summed E-state index contributed by atoms with van der Waals surface area (Å²) in [6, 6.07) is 0. The minimum Gasteiger partial charge on any atom is -0.465 e. The van der Waals surface area contributed by atoms with E-state index in [1.54, 1.807) is 17.7 Å². The van der Waals surface area contributed by atoms with Crippen LogP contribution in [-0.2, 0) is 22.4 Å². The van der Waals surface area contributed by atoms with E-state index in [2.05, 4.69) is 16.9 Å². The molecule has 4 nitrogen and oxygen atoms in total. The summed E-state index contributed by atoms with van der Waals surface area (Å²) in [7, 11) is 0. The zero-order valence-electron chi connectivity index (χ0n) is 13.8. The monoisotopic (exact) mass is 350 g/mol. The second-order valence-electron chi connectivity index (χ2n) is 5.98. The molecule has 2 aromatic heterocycles. The number of hydrogen-bond donors (Lipinski definition) is 0. The van der Waals surface area contributed by atoms with E-state index in [0.717, 1.165) is 35.0 Å². The summed E-state index contributed by atoms with van der Waals surface area (Å²) in [5, 5.41) is 1.90. The first kappa shape index (κ1) is 16.7. The number of aromatic nitrogens is 2. The summed E-state index contributed by atoms with van der Waals surface area (Å²) >= 11 is 3.32. The van der Waals surface area contributed by atoms with Crippen molar-refractivity contribution < 1.29 is 9.53 Å². The quantitative estimate of drug-likeness (QED) is 0.458. The van der Waals surface area contributed by atoms with Crippen molar-refractivity contribution in [1.29, 1.82) is 0 Å². The van der Waals surface area contributed by atoms with Gasteiger partial charge in [0.25, 0.3) is 0 Å². The molecule has 1 aliphatic rings. The van der Waals surface area contributed by atoms with E-state index in [1.165, 1.54) is 34.0 Å². The molecule has 6 heteroatoms. The van der Waals surface area contributed by atoms with Crippen LogP contribution in [-0.4, -0.2) is 27.8 Å². The molecule has 0 bridgehead atoms. The molecule has 0 radical (unpaired) electrons. The number of esters is 1. The summed E-state index contributed by atoms with van der Waals surface area (Å²) in [6.45, 7) is 6.58. The molecule has 0 aliphatic heterocycles. The SMILES string of the molecule is CCOC(=O)C(CC)Sc1ncnc2sc3c(c12)CCC(C)C3. The van der Waals surface area contributed by atoms with Gasteiger partial charge in [-0.3, -0.25) is 4.79 Å². The highest BCUT2D eigenvalue weighted by molar-refractivity contribution is 8.00. The Morgan fingerprint density at radius 2 is 2.30 bits per heavy atom. The van der Waals surface area contributed by atoms with Gasteiger partial charge in [-0.25, -0.2) is 9.97 Å². The predicted octanol–water partition coefficient (Wildman–Crippen LogP) is 4.25. The van der Waals surface area contributed by atoms with Crippen LogP contribution in [0.5, 0.6) is 0 Å². The maximum Gasteiger partial charge on any atom is 0.319 e. The normalized spacial score (nSPS) is 18.7. The first-order valence-electron chi connectivity index (χ1n) is 8.22. The van der Waals surface area contributed by atoms with Gasteiger partial charge in [0.15, 0.2) is 0 Å². The number of fused-ring (bicyclic) bond motifs is 3. The van der Waals surface area contributed by atoms with Crippen molar-refractivity contribution in [2.75, 3.05) is 6.61 Å². The van der Waals surface area contributed by atoms with Gasteiger partial charge >= 0.3 is 5.97 Å². The molecule has 2 unspecified atom stereocenters. The third kappa shape index (κ3) is 3.38. The third-order valence-electron chi connectivity index (χ3n) is 4.23. The topological polar surface area (TPSA) is 52.1 Å². The van der Waals surface area contributed by atoms with Crippen molar-refractivity contribution in [2.45, 2.75) is 56.7 Å². The zero-order chi connectivity index (χ0) is 16.4. The Morgan fingerprint density at radius 1 is 1.48 bits per heavy atom. The van der Waals surface area contributed by atoms with Crippen molar-refractivity contribution in [3.63, 3.8) is 0 Å². The van der Waals surface area contributed by atoms with Crippen LogP contribution < -0.4 is 0 Å². The van der Waals surface area contributed by atoms with Crippen LogP contribution >= 0.6 is 23.1 Å². The Bertz CT molecular complexity index is 714. The summed E-state index contributed by atoms with van der Waals surface area (Å²) in [5.41, 5.74) is 1.41. The molecule has 0 saturated carbocycles. The van der Waals surface area contributed by atoms with E-state index < -0.39 is 0 Å². The van der Waals surface area contributed by atoms with E-state index in [1.807, 2.05) is 13.8 Å². The molecule has 0 saturated heterocycles. The second kappa shape index (κ2) is 7.18. The van der Waals surface area contributed by atoms with Crippen LogP contribution in [0.4, 0.5) is 0 Å². The fourth-order valence-electron chi connectivity index (χ4n) is 3.00. The number of aryl methyl sites for hydroxylation is 1. The molecule has 0 amide bonds. The fraction of sp³-hybridized carbons (Fsp3) is 0.588. The highest BCUT2D eigenvalue weighted by Gasteiger charge is 2.26. The molecule has 0 aromatic carbocycles. The summed E-state index contributed by atoms with van der Waals surface area (Å²) in [4.78, 5) is 23.6. The number of thioether (sulfide) groups is 1. The summed E-state index contributed by atoms with van der Waals surface area (Å²) in [6.07, 6.45) is 5.79. The van der Waals surface area contributed by atoms with Crippen LogP contribution in [0.3, 0.4) is 0 Å². The van der Waals surface area contributed by atoms with Crippen molar-refractivity contribution >= 4 is 39.3 Å².